The fourth-order valence-electron chi connectivity index (χ4n) is 3.77. The Morgan fingerprint density at radius 3 is 2.55 bits per heavy atom. The SMILES string of the molecule is OCc1ccccc1Sc1ccc2nnc(-c3ccc(CN4CCOCC4)cc3)n2c1. The van der Waals surface area contributed by atoms with Gasteiger partial charge in [0.15, 0.2) is 11.5 Å². The van der Waals surface area contributed by atoms with E-state index in [2.05, 4.69) is 45.6 Å². The summed E-state index contributed by atoms with van der Waals surface area (Å²) in [7, 11) is 0. The third-order valence-electron chi connectivity index (χ3n) is 5.47. The van der Waals surface area contributed by atoms with Crippen molar-refractivity contribution in [3.8, 4) is 11.4 Å². The van der Waals surface area contributed by atoms with Crippen molar-refractivity contribution < 1.29 is 9.84 Å². The van der Waals surface area contributed by atoms with Crippen molar-refractivity contribution in [1.82, 2.24) is 19.5 Å². The van der Waals surface area contributed by atoms with Crippen molar-refractivity contribution in [3.63, 3.8) is 0 Å². The van der Waals surface area contributed by atoms with Crippen LogP contribution in [0.3, 0.4) is 0 Å². The Morgan fingerprint density at radius 1 is 0.935 bits per heavy atom. The number of rotatable bonds is 6. The molecule has 0 bridgehead atoms. The molecule has 7 heteroatoms. The van der Waals surface area contributed by atoms with E-state index in [-0.39, 0.29) is 6.61 Å². The Balaban J connectivity index is 1.39. The molecule has 0 saturated carbocycles. The number of aliphatic hydroxyl groups excluding tert-OH is 1. The van der Waals surface area contributed by atoms with Crippen LogP contribution in [0.1, 0.15) is 11.1 Å². The average Bonchev–Trinajstić information content (AvgIpc) is 3.24. The van der Waals surface area contributed by atoms with E-state index >= 15 is 0 Å². The molecular weight excluding hydrogens is 408 g/mol. The summed E-state index contributed by atoms with van der Waals surface area (Å²) in [5, 5.41) is 18.4. The fourth-order valence-corrected chi connectivity index (χ4v) is 4.72. The van der Waals surface area contributed by atoms with E-state index in [1.807, 2.05) is 40.8 Å². The van der Waals surface area contributed by atoms with Crippen molar-refractivity contribution in [1.29, 1.82) is 0 Å². The summed E-state index contributed by atoms with van der Waals surface area (Å²) in [6.07, 6.45) is 2.06. The molecule has 1 saturated heterocycles. The minimum atomic E-state index is 0.0279. The lowest BCUT2D eigenvalue weighted by Crippen LogP contribution is -2.35. The van der Waals surface area contributed by atoms with Gasteiger partial charge < -0.3 is 9.84 Å². The van der Waals surface area contributed by atoms with E-state index in [1.54, 1.807) is 11.8 Å². The second-order valence-electron chi connectivity index (χ2n) is 7.57. The zero-order chi connectivity index (χ0) is 21.0. The predicted octanol–water partition coefficient (Wildman–Crippen LogP) is 3.87. The number of aliphatic hydroxyl groups is 1. The second-order valence-corrected chi connectivity index (χ2v) is 8.69. The van der Waals surface area contributed by atoms with Crippen molar-refractivity contribution in [2.45, 2.75) is 22.9 Å². The van der Waals surface area contributed by atoms with Gasteiger partial charge in [-0.25, -0.2) is 0 Å². The van der Waals surface area contributed by atoms with Gasteiger partial charge in [-0.3, -0.25) is 9.30 Å². The first-order valence-electron chi connectivity index (χ1n) is 10.4. The molecule has 0 unspecified atom stereocenters. The Hall–Kier alpha value is -2.71. The van der Waals surface area contributed by atoms with Gasteiger partial charge in [0, 0.05) is 41.2 Å². The van der Waals surface area contributed by atoms with Gasteiger partial charge in [0.05, 0.1) is 19.8 Å². The van der Waals surface area contributed by atoms with Crippen molar-refractivity contribution >= 4 is 17.4 Å². The molecule has 5 rings (SSSR count). The molecule has 0 atom stereocenters. The van der Waals surface area contributed by atoms with Gasteiger partial charge in [-0.2, -0.15) is 0 Å². The highest BCUT2D eigenvalue weighted by molar-refractivity contribution is 7.99. The number of hydrogen-bond acceptors (Lipinski definition) is 6. The van der Waals surface area contributed by atoms with Crippen molar-refractivity contribution in [2.24, 2.45) is 0 Å². The number of nitrogens with zero attached hydrogens (tertiary/aromatic N) is 4. The minimum Gasteiger partial charge on any atom is -0.392 e. The summed E-state index contributed by atoms with van der Waals surface area (Å²) in [4.78, 5) is 4.53. The van der Waals surface area contributed by atoms with E-state index < -0.39 is 0 Å². The third-order valence-corrected chi connectivity index (χ3v) is 6.56. The number of morpholine rings is 1. The Bertz CT molecular complexity index is 1170. The maximum atomic E-state index is 9.61. The van der Waals surface area contributed by atoms with Crippen LogP contribution in [-0.4, -0.2) is 50.9 Å². The van der Waals surface area contributed by atoms with Gasteiger partial charge in [-0.1, -0.05) is 54.2 Å². The monoisotopic (exact) mass is 432 g/mol. The summed E-state index contributed by atoms with van der Waals surface area (Å²) in [6.45, 7) is 4.56. The van der Waals surface area contributed by atoms with Crippen LogP contribution in [0.4, 0.5) is 0 Å². The molecule has 0 aliphatic carbocycles. The van der Waals surface area contributed by atoms with Gasteiger partial charge >= 0.3 is 0 Å². The molecule has 1 fully saturated rings. The van der Waals surface area contributed by atoms with Gasteiger partial charge in [0.25, 0.3) is 0 Å². The lowest BCUT2D eigenvalue weighted by molar-refractivity contribution is 0.0342. The maximum Gasteiger partial charge on any atom is 0.168 e. The molecule has 31 heavy (non-hydrogen) atoms. The summed E-state index contributed by atoms with van der Waals surface area (Å²) < 4.78 is 7.46. The molecular formula is C24H24N4O2S. The normalized spacial score (nSPS) is 14.9. The fraction of sp³-hybridized carbons (Fsp3) is 0.250. The molecule has 6 nitrogen and oxygen atoms in total. The van der Waals surface area contributed by atoms with Gasteiger partial charge in [-0.15, -0.1) is 10.2 Å². The second kappa shape index (κ2) is 9.20. The molecule has 2 aromatic heterocycles. The van der Waals surface area contributed by atoms with Crippen LogP contribution in [0, 0.1) is 0 Å². The third kappa shape index (κ3) is 4.50. The lowest BCUT2D eigenvalue weighted by atomic mass is 10.1. The number of benzene rings is 2. The maximum absolute atomic E-state index is 9.61. The number of ether oxygens (including phenoxy) is 1. The van der Waals surface area contributed by atoms with Crippen LogP contribution in [0.2, 0.25) is 0 Å². The standard InChI is InChI=1S/C24H24N4O2S/c29-17-20-3-1-2-4-22(20)31-21-9-10-23-25-26-24(28(23)16-21)19-7-5-18(6-8-19)15-27-11-13-30-14-12-27/h1-10,16,29H,11-15,17H2. The molecule has 1 aliphatic heterocycles. The molecule has 4 aromatic rings. The van der Waals surface area contributed by atoms with Crippen LogP contribution < -0.4 is 0 Å². The smallest absolute Gasteiger partial charge is 0.168 e. The molecule has 158 valence electrons. The minimum absolute atomic E-state index is 0.0279. The van der Waals surface area contributed by atoms with E-state index in [0.29, 0.717) is 0 Å². The van der Waals surface area contributed by atoms with E-state index in [4.69, 9.17) is 4.74 Å². The number of pyridine rings is 1. The van der Waals surface area contributed by atoms with E-state index in [9.17, 15) is 5.11 Å². The van der Waals surface area contributed by atoms with Crippen LogP contribution in [0.5, 0.6) is 0 Å². The zero-order valence-corrected chi connectivity index (χ0v) is 18.0. The molecule has 0 spiro atoms. The highest BCUT2D eigenvalue weighted by Gasteiger charge is 2.13. The quantitative estimate of drug-likeness (QED) is 0.499. The zero-order valence-electron chi connectivity index (χ0n) is 17.1. The van der Waals surface area contributed by atoms with E-state index in [1.165, 1.54) is 5.56 Å². The summed E-state index contributed by atoms with van der Waals surface area (Å²) >= 11 is 1.63. The highest BCUT2D eigenvalue weighted by Crippen LogP contribution is 2.31. The molecule has 0 radical (unpaired) electrons. The Kier molecular flexibility index (Phi) is 5.99. The first-order valence-corrected chi connectivity index (χ1v) is 11.2. The van der Waals surface area contributed by atoms with Crippen LogP contribution in [-0.2, 0) is 17.9 Å². The Labute approximate surface area is 185 Å². The van der Waals surface area contributed by atoms with Crippen LogP contribution in [0.15, 0.2) is 76.7 Å². The number of aromatic nitrogens is 3. The van der Waals surface area contributed by atoms with Crippen molar-refractivity contribution in [3.05, 3.63) is 78.0 Å². The van der Waals surface area contributed by atoms with Gasteiger partial charge in [0.1, 0.15) is 0 Å². The number of fused-ring (bicyclic) bond motifs is 1. The summed E-state index contributed by atoms with van der Waals surface area (Å²) in [5.74, 6) is 0.825. The molecule has 1 aliphatic rings. The molecule has 1 N–H and O–H groups in total. The molecule has 0 amide bonds. The lowest BCUT2D eigenvalue weighted by Gasteiger charge is -2.26. The first-order chi connectivity index (χ1) is 15.3. The highest BCUT2D eigenvalue weighted by atomic mass is 32.2. The number of hydrogen-bond donors (Lipinski definition) is 1. The topological polar surface area (TPSA) is 62.9 Å². The molecule has 2 aromatic carbocycles. The largest absolute Gasteiger partial charge is 0.392 e. The predicted molar refractivity (Wildman–Crippen MR) is 121 cm³/mol. The van der Waals surface area contributed by atoms with Gasteiger partial charge in [-0.05, 0) is 29.3 Å². The summed E-state index contributed by atoms with van der Waals surface area (Å²) in [6, 6.07) is 20.5. The van der Waals surface area contributed by atoms with Crippen LogP contribution >= 0.6 is 11.8 Å². The average molecular weight is 433 g/mol. The van der Waals surface area contributed by atoms with Gasteiger partial charge in [0.2, 0.25) is 0 Å². The van der Waals surface area contributed by atoms with E-state index in [0.717, 1.165) is 65.2 Å². The molecule has 3 heterocycles. The first kappa shape index (κ1) is 20.2. The Morgan fingerprint density at radius 2 is 1.74 bits per heavy atom. The van der Waals surface area contributed by atoms with Crippen LogP contribution in [0.25, 0.3) is 17.0 Å². The summed E-state index contributed by atoms with van der Waals surface area (Å²) in [5.41, 5.74) is 4.06. The van der Waals surface area contributed by atoms with Crippen molar-refractivity contribution in [2.75, 3.05) is 26.3 Å².